The van der Waals surface area contributed by atoms with E-state index in [1.54, 1.807) is 35.0 Å². The van der Waals surface area contributed by atoms with Crippen molar-refractivity contribution in [3.05, 3.63) is 35.0 Å². The van der Waals surface area contributed by atoms with Gasteiger partial charge in [0.15, 0.2) is 0 Å². The second-order valence-electron chi connectivity index (χ2n) is 6.14. The molecule has 2 aliphatic heterocycles. The summed E-state index contributed by atoms with van der Waals surface area (Å²) in [5, 5.41) is 3.46. The molecule has 2 aliphatic rings. The van der Waals surface area contributed by atoms with E-state index in [2.05, 4.69) is 0 Å². The molecule has 2 saturated heterocycles. The predicted molar refractivity (Wildman–Crippen MR) is 99.2 cm³/mol. The van der Waals surface area contributed by atoms with Gasteiger partial charge in [-0.25, -0.2) is 16.8 Å². The molecule has 142 valence electrons. The van der Waals surface area contributed by atoms with E-state index in [9.17, 15) is 16.8 Å². The topological polar surface area (TPSA) is 84.0 Å². The number of ether oxygens (including phenoxy) is 1. The molecule has 0 unspecified atom stereocenters. The first-order valence-corrected chi connectivity index (χ1v) is 12.7. The number of hydrogen-bond donors (Lipinski definition) is 0. The number of rotatable bonds is 4. The third-order valence-electron chi connectivity index (χ3n) is 4.75. The SMILES string of the molecule is O=S(=O)(c1cccs1)N1CCC2(CC1)OCCN2S(=O)(=O)c1cccs1. The normalized spacial score (nSPS) is 22.2. The minimum absolute atomic E-state index is 0.233. The highest BCUT2D eigenvalue weighted by Crippen LogP contribution is 2.40. The van der Waals surface area contributed by atoms with Crippen LogP contribution in [-0.4, -0.2) is 57.4 Å². The van der Waals surface area contributed by atoms with Crippen molar-refractivity contribution in [2.24, 2.45) is 0 Å². The van der Waals surface area contributed by atoms with Crippen LogP contribution in [0.15, 0.2) is 43.4 Å². The van der Waals surface area contributed by atoms with Crippen LogP contribution in [0.2, 0.25) is 0 Å². The molecule has 26 heavy (non-hydrogen) atoms. The summed E-state index contributed by atoms with van der Waals surface area (Å²) in [7, 11) is -7.17. The summed E-state index contributed by atoms with van der Waals surface area (Å²) in [6, 6.07) is 6.59. The number of thiophene rings is 2. The molecular weight excluding hydrogens is 416 g/mol. The number of nitrogens with zero attached hydrogens (tertiary/aromatic N) is 2. The summed E-state index contributed by atoms with van der Waals surface area (Å²) in [5.74, 6) is 0. The highest BCUT2D eigenvalue weighted by molar-refractivity contribution is 7.91. The Balaban J connectivity index is 1.56. The molecular formula is C15H18N2O5S4. The fourth-order valence-corrected chi connectivity index (χ4v) is 8.87. The predicted octanol–water partition coefficient (Wildman–Crippen LogP) is 2.01. The lowest BCUT2D eigenvalue weighted by atomic mass is 10.0. The molecule has 0 aromatic carbocycles. The molecule has 0 amide bonds. The van der Waals surface area contributed by atoms with Crippen LogP contribution >= 0.6 is 22.7 Å². The van der Waals surface area contributed by atoms with Gasteiger partial charge in [0.25, 0.3) is 20.0 Å². The van der Waals surface area contributed by atoms with Gasteiger partial charge in [-0.3, -0.25) is 0 Å². The summed E-state index contributed by atoms with van der Waals surface area (Å²) in [4.78, 5) is 0. The van der Waals surface area contributed by atoms with Crippen LogP contribution in [-0.2, 0) is 24.8 Å². The smallest absolute Gasteiger partial charge is 0.255 e. The summed E-state index contributed by atoms with van der Waals surface area (Å²) in [6.07, 6.45) is 0.643. The fourth-order valence-electron chi connectivity index (χ4n) is 3.46. The van der Waals surface area contributed by atoms with E-state index in [0.717, 1.165) is 0 Å². The first-order valence-electron chi connectivity index (χ1n) is 8.10. The van der Waals surface area contributed by atoms with E-state index < -0.39 is 25.8 Å². The Bertz CT molecular complexity index is 959. The van der Waals surface area contributed by atoms with E-state index in [1.165, 1.54) is 31.3 Å². The molecule has 7 nitrogen and oxygen atoms in total. The highest BCUT2D eigenvalue weighted by Gasteiger charge is 2.52. The molecule has 0 radical (unpaired) electrons. The Labute approximate surface area is 160 Å². The van der Waals surface area contributed by atoms with E-state index in [4.69, 9.17) is 4.74 Å². The molecule has 2 aromatic rings. The van der Waals surface area contributed by atoms with E-state index in [0.29, 0.717) is 23.7 Å². The second-order valence-corrected chi connectivity index (χ2v) is 12.3. The maximum absolute atomic E-state index is 13.0. The van der Waals surface area contributed by atoms with Gasteiger partial charge in [0.2, 0.25) is 0 Å². The maximum Gasteiger partial charge on any atom is 0.255 e. The number of piperidine rings is 1. The second kappa shape index (κ2) is 6.66. The van der Waals surface area contributed by atoms with Crippen LogP contribution in [0.25, 0.3) is 0 Å². The molecule has 0 bridgehead atoms. The van der Waals surface area contributed by atoms with Gasteiger partial charge in [-0.05, 0) is 22.9 Å². The molecule has 4 heterocycles. The van der Waals surface area contributed by atoms with Crippen molar-refractivity contribution in [1.29, 1.82) is 0 Å². The van der Waals surface area contributed by atoms with Gasteiger partial charge in [-0.1, -0.05) is 12.1 Å². The van der Waals surface area contributed by atoms with E-state index >= 15 is 0 Å². The summed E-state index contributed by atoms with van der Waals surface area (Å²) in [6.45, 7) is 1.08. The fraction of sp³-hybridized carbons (Fsp3) is 0.467. The third kappa shape index (κ3) is 2.95. The van der Waals surface area contributed by atoms with Crippen molar-refractivity contribution in [3.63, 3.8) is 0 Å². The zero-order valence-corrected chi connectivity index (χ0v) is 17.0. The first-order chi connectivity index (χ1) is 12.4. The number of hydrogen-bond acceptors (Lipinski definition) is 7. The van der Waals surface area contributed by atoms with Crippen LogP contribution in [0, 0.1) is 0 Å². The van der Waals surface area contributed by atoms with Gasteiger partial charge < -0.3 is 4.74 Å². The minimum Gasteiger partial charge on any atom is -0.358 e. The minimum atomic E-state index is -3.64. The zero-order chi connectivity index (χ0) is 18.4. The van der Waals surface area contributed by atoms with E-state index in [-0.39, 0.29) is 23.8 Å². The van der Waals surface area contributed by atoms with Crippen LogP contribution < -0.4 is 0 Å². The van der Waals surface area contributed by atoms with Crippen LogP contribution in [0.4, 0.5) is 0 Å². The van der Waals surface area contributed by atoms with Crippen molar-refractivity contribution in [3.8, 4) is 0 Å². The Morgan fingerprint density at radius 1 is 0.885 bits per heavy atom. The summed E-state index contributed by atoms with van der Waals surface area (Å²) in [5.41, 5.74) is -0.954. The largest absolute Gasteiger partial charge is 0.358 e. The standard InChI is InChI=1S/C15H18N2O5S4/c18-25(19,13-3-1-11-23-13)16-7-5-15(6-8-16)17(9-10-22-15)26(20,21)14-4-2-12-24-14/h1-4,11-12H,5-10H2. The first kappa shape index (κ1) is 18.5. The van der Waals surface area contributed by atoms with Gasteiger partial charge in [0.1, 0.15) is 14.1 Å². The monoisotopic (exact) mass is 434 g/mol. The Morgan fingerprint density at radius 2 is 1.46 bits per heavy atom. The van der Waals surface area contributed by atoms with Gasteiger partial charge in [-0.15, -0.1) is 22.7 Å². The van der Waals surface area contributed by atoms with Gasteiger partial charge >= 0.3 is 0 Å². The summed E-state index contributed by atoms with van der Waals surface area (Å²) >= 11 is 2.36. The lowest BCUT2D eigenvalue weighted by molar-refractivity contribution is -0.0805. The average molecular weight is 435 g/mol. The molecule has 4 rings (SSSR count). The molecule has 0 N–H and O–H groups in total. The molecule has 2 aromatic heterocycles. The molecule has 1 spiro atoms. The Kier molecular flexibility index (Phi) is 4.75. The molecule has 2 fully saturated rings. The number of sulfonamides is 2. The van der Waals surface area contributed by atoms with Crippen LogP contribution in [0.1, 0.15) is 12.8 Å². The van der Waals surface area contributed by atoms with Crippen molar-refractivity contribution >= 4 is 42.7 Å². The van der Waals surface area contributed by atoms with Crippen molar-refractivity contribution < 1.29 is 21.6 Å². The highest BCUT2D eigenvalue weighted by atomic mass is 32.3. The van der Waals surface area contributed by atoms with Gasteiger partial charge in [0, 0.05) is 32.5 Å². The Hall–Kier alpha value is -0.820. The maximum atomic E-state index is 13.0. The van der Waals surface area contributed by atoms with Crippen molar-refractivity contribution in [1.82, 2.24) is 8.61 Å². The lowest BCUT2D eigenvalue weighted by Crippen LogP contribution is -2.55. The molecule has 11 heteroatoms. The van der Waals surface area contributed by atoms with Crippen molar-refractivity contribution in [2.75, 3.05) is 26.2 Å². The van der Waals surface area contributed by atoms with E-state index in [1.807, 2.05) is 0 Å². The van der Waals surface area contributed by atoms with Crippen molar-refractivity contribution in [2.45, 2.75) is 27.0 Å². The molecule has 0 atom stereocenters. The zero-order valence-electron chi connectivity index (χ0n) is 13.8. The van der Waals surface area contributed by atoms with Gasteiger partial charge in [0.05, 0.1) is 6.61 Å². The Morgan fingerprint density at radius 3 is 2.00 bits per heavy atom. The molecule has 0 saturated carbocycles. The average Bonchev–Trinajstić information content (AvgIpc) is 3.37. The quantitative estimate of drug-likeness (QED) is 0.735. The third-order valence-corrected chi connectivity index (χ3v) is 11.3. The molecule has 0 aliphatic carbocycles. The van der Waals surface area contributed by atoms with Gasteiger partial charge in [-0.2, -0.15) is 8.61 Å². The lowest BCUT2D eigenvalue weighted by Gasteiger charge is -2.42. The summed E-state index contributed by atoms with van der Waals surface area (Å²) < 4.78 is 60.6. The van der Waals surface area contributed by atoms with Crippen LogP contribution in [0.3, 0.4) is 0 Å². The van der Waals surface area contributed by atoms with Crippen LogP contribution in [0.5, 0.6) is 0 Å².